The molecule has 0 spiro atoms. The number of aromatic nitrogens is 1. The van der Waals surface area contributed by atoms with Gasteiger partial charge in [0.15, 0.2) is 0 Å². The minimum atomic E-state index is -4.20. The van der Waals surface area contributed by atoms with Gasteiger partial charge in [0.05, 0.1) is 11.9 Å². The van der Waals surface area contributed by atoms with Gasteiger partial charge in [0.2, 0.25) is 0 Å². The molecule has 0 unspecified atom stereocenters. The summed E-state index contributed by atoms with van der Waals surface area (Å²) in [5.41, 5.74) is 0. The van der Waals surface area contributed by atoms with E-state index >= 15 is 0 Å². The maximum Gasteiger partial charge on any atom is 0.398 e. The van der Waals surface area contributed by atoms with Crippen molar-refractivity contribution in [2.45, 2.75) is 108 Å². The van der Waals surface area contributed by atoms with Gasteiger partial charge in [-0.1, -0.05) is 89.8 Å². The third kappa shape index (κ3) is 11.1. The molecule has 1 aromatic rings. The molecule has 0 aliphatic rings. The van der Waals surface area contributed by atoms with Crippen molar-refractivity contribution in [2.75, 3.05) is 5.75 Å². The molecule has 2 nitrogen and oxygen atoms in total. The maximum absolute atomic E-state index is 12.4. The Balaban J connectivity index is 2.51. The Hall–Kier alpha value is -0.650. The molecule has 0 saturated heterocycles. The van der Waals surface area contributed by atoms with Crippen molar-refractivity contribution in [1.29, 1.82) is 0 Å². The lowest BCUT2D eigenvalue weighted by Crippen LogP contribution is -2.10. The summed E-state index contributed by atoms with van der Waals surface area (Å²) in [5, 5.41) is 0.138. The van der Waals surface area contributed by atoms with Gasteiger partial charge in [0, 0.05) is 5.92 Å². The monoisotopic (exact) mass is 393 g/mol. The molecule has 0 N–H and O–H groups in total. The van der Waals surface area contributed by atoms with Gasteiger partial charge in [-0.25, -0.2) is 4.98 Å². The fourth-order valence-corrected chi connectivity index (χ4v) is 3.66. The molecule has 0 bridgehead atoms. The molecule has 0 radical (unpaired) electrons. The third-order valence-electron chi connectivity index (χ3n) is 4.58. The average Bonchev–Trinajstić information content (AvgIpc) is 3.06. The number of alkyl halides is 3. The molecule has 0 fully saturated rings. The predicted molar refractivity (Wildman–Crippen MR) is 103 cm³/mol. The topological polar surface area (TPSA) is 26.0 Å². The van der Waals surface area contributed by atoms with Gasteiger partial charge in [-0.15, -0.1) is 0 Å². The molecule has 1 aromatic heterocycles. The van der Waals surface area contributed by atoms with E-state index in [0.717, 1.165) is 31.4 Å². The second kappa shape index (κ2) is 13.5. The Kier molecular flexibility index (Phi) is 12.2. The van der Waals surface area contributed by atoms with E-state index in [9.17, 15) is 13.2 Å². The largest absolute Gasteiger partial charge is 0.436 e. The number of hydrogen-bond acceptors (Lipinski definition) is 3. The highest BCUT2D eigenvalue weighted by Gasteiger charge is 2.28. The highest BCUT2D eigenvalue weighted by atomic mass is 32.2. The normalized spacial score (nSPS) is 12.2. The summed E-state index contributed by atoms with van der Waals surface area (Å²) in [6.45, 7) is 4.40. The summed E-state index contributed by atoms with van der Waals surface area (Å²) >= 11 is 0.633. The fourth-order valence-electron chi connectivity index (χ4n) is 3.09. The first kappa shape index (κ1) is 23.4. The van der Waals surface area contributed by atoms with Crippen LogP contribution in [0.5, 0.6) is 0 Å². The number of rotatable bonds is 15. The van der Waals surface area contributed by atoms with E-state index in [0.29, 0.717) is 11.8 Å². The van der Waals surface area contributed by atoms with E-state index in [1.165, 1.54) is 51.4 Å². The van der Waals surface area contributed by atoms with Gasteiger partial charge in [0.1, 0.15) is 5.76 Å². The minimum Gasteiger partial charge on any atom is -0.436 e. The quantitative estimate of drug-likeness (QED) is 0.222. The molecule has 152 valence electrons. The summed E-state index contributed by atoms with van der Waals surface area (Å²) in [7, 11) is 0. The van der Waals surface area contributed by atoms with Crippen LogP contribution < -0.4 is 0 Å². The third-order valence-corrected chi connectivity index (χ3v) is 5.48. The number of halogens is 3. The van der Waals surface area contributed by atoms with Gasteiger partial charge < -0.3 is 4.42 Å². The van der Waals surface area contributed by atoms with Crippen LogP contribution >= 0.6 is 11.8 Å². The summed E-state index contributed by atoms with van der Waals surface area (Å²) in [6.07, 6.45) is 11.7. The number of nitrogens with zero attached hydrogens (tertiary/aromatic N) is 1. The molecule has 6 heteroatoms. The van der Waals surface area contributed by atoms with Crippen molar-refractivity contribution in [3.63, 3.8) is 0 Å². The van der Waals surface area contributed by atoms with Gasteiger partial charge in [-0.3, -0.25) is 0 Å². The van der Waals surface area contributed by atoms with Gasteiger partial charge in [-0.05, 0) is 12.8 Å². The van der Waals surface area contributed by atoms with E-state index in [4.69, 9.17) is 4.42 Å². The van der Waals surface area contributed by atoms with Crippen LogP contribution in [0.2, 0.25) is 0 Å². The van der Waals surface area contributed by atoms with Gasteiger partial charge >= 0.3 is 6.18 Å². The SMILES string of the molecule is CCCCCCCC(CCCCCCC)c1cnc(SCC(F)(F)F)o1. The van der Waals surface area contributed by atoms with E-state index < -0.39 is 11.9 Å². The van der Waals surface area contributed by atoms with Crippen LogP contribution in [0.3, 0.4) is 0 Å². The maximum atomic E-state index is 12.4. The average molecular weight is 394 g/mol. The standard InChI is InChI=1S/C20H34F3NOS/c1-3-5-7-9-11-13-17(14-12-10-8-6-4-2)18-15-24-19(25-18)26-16-20(21,22)23/h15,17H,3-14,16H2,1-2H3. The molecule has 1 rings (SSSR count). The fraction of sp³-hybridized carbons (Fsp3) is 0.850. The van der Waals surface area contributed by atoms with Crippen LogP contribution in [-0.4, -0.2) is 16.9 Å². The summed E-state index contributed by atoms with van der Waals surface area (Å²) in [5.74, 6) is 0.0951. The van der Waals surface area contributed by atoms with Crippen molar-refractivity contribution in [3.05, 3.63) is 12.0 Å². The van der Waals surface area contributed by atoms with E-state index in [2.05, 4.69) is 18.8 Å². The molecule has 1 heterocycles. The van der Waals surface area contributed by atoms with E-state index in [1.807, 2.05) is 0 Å². The van der Waals surface area contributed by atoms with E-state index in [1.54, 1.807) is 6.20 Å². The zero-order valence-corrected chi connectivity index (χ0v) is 17.1. The molecule has 0 aliphatic carbocycles. The van der Waals surface area contributed by atoms with Crippen LogP contribution in [0.15, 0.2) is 15.8 Å². The minimum absolute atomic E-state index is 0.138. The van der Waals surface area contributed by atoms with Crippen LogP contribution in [-0.2, 0) is 0 Å². The van der Waals surface area contributed by atoms with Gasteiger partial charge in [-0.2, -0.15) is 13.2 Å². The predicted octanol–water partition coefficient (Wildman–Crippen LogP) is 8.13. The van der Waals surface area contributed by atoms with Crippen molar-refractivity contribution in [1.82, 2.24) is 4.98 Å². The van der Waals surface area contributed by atoms with Crippen molar-refractivity contribution >= 4 is 11.8 Å². The second-order valence-corrected chi connectivity index (χ2v) is 7.96. The highest BCUT2D eigenvalue weighted by Crippen LogP contribution is 2.33. The lowest BCUT2D eigenvalue weighted by molar-refractivity contribution is -0.105. The Bertz CT molecular complexity index is 448. The highest BCUT2D eigenvalue weighted by molar-refractivity contribution is 7.99. The number of oxazole rings is 1. The first-order chi connectivity index (χ1) is 12.5. The van der Waals surface area contributed by atoms with Crippen LogP contribution in [0, 0.1) is 0 Å². The van der Waals surface area contributed by atoms with E-state index in [-0.39, 0.29) is 11.1 Å². The zero-order valence-electron chi connectivity index (χ0n) is 16.2. The summed E-state index contributed by atoms with van der Waals surface area (Å²) in [6, 6.07) is 0. The molecule has 0 aliphatic heterocycles. The Labute approximate surface area is 160 Å². The molecule has 0 saturated carbocycles. The molecule has 26 heavy (non-hydrogen) atoms. The van der Waals surface area contributed by atoms with Crippen molar-refractivity contribution in [2.24, 2.45) is 0 Å². The van der Waals surface area contributed by atoms with Crippen molar-refractivity contribution < 1.29 is 17.6 Å². The number of unbranched alkanes of at least 4 members (excludes halogenated alkanes) is 8. The molecule has 0 aromatic carbocycles. The molecule has 0 atom stereocenters. The Morgan fingerprint density at radius 2 is 1.46 bits per heavy atom. The molecule has 0 amide bonds. The van der Waals surface area contributed by atoms with Gasteiger partial charge in [0.25, 0.3) is 5.22 Å². The van der Waals surface area contributed by atoms with Crippen molar-refractivity contribution in [3.8, 4) is 0 Å². The first-order valence-corrected chi connectivity index (χ1v) is 11.1. The molecular weight excluding hydrogens is 359 g/mol. The lowest BCUT2D eigenvalue weighted by atomic mass is 9.92. The van der Waals surface area contributed by atoms with Crippen LogP contribution in [0.4, 0.5) is 13.2 Å². The summed E-state index contributed by atoms with van der Waals surface area (Å²) in [4.78, 5) is 4.05. The lowest BCUT2D eigenvalue weighted by Gasteiger charge is -2.14. The number of hydrogen-bond donors (Lipinski definition) is 0. The smallest absolute Gasteiger partial charge is 0.398 e. The zero-order chi connectivity index (χ0) is 19.3. The Morgan fingerprint density at radius 3 is 1.96 bits per heavy atom. The van der Waals surface area contributed by atoms with Crippen LogP contribution in [0.25, 0.3) is 0 Å². The molecular formula is C20H34F3NOS. The van der Waals surface area contributed by atoms with Crippen LogP contribution in [0.1, 0.15) is 103 Å². The summed E-state index contributed by atoms with van der Waals surface area (Å²) < 4.78 is 42.7. The number of thioether (sulfide) groups is 1. The first-order valence-electron chi connectivity index (χ1n) is 10.1. The second-order valence-electron chi connectivity index (χ2n) is 7.04. The Morgan fingerprint density at radius 1 is 0.923 bits per heavy atom.